The van der Waals surface area contributed by atoms with E-state index in [9.17, 15) is 4.79 Å². The lowest BCUT2D eigenvalue weighted by molar-refractivity contribution is 0.0983. The van der Waals surface area contributed by atoms with Gasteiger partial charge >= 0.3 is 0 Å². The molecule has 0 aromatic heterocycles. The van der Waals surface area contributed by atoms with E-state index in [2.05, 4.69) is 78.9 Å². The van der Waals surface area contributed by atoms with Crippen LogP contribution in [0.5, 0.6) is 0 Å². The van der Waals surface area contributed by atoms with Crippen LogP contribution in [0.3, 0.4) is 0 Å². The molecule has 0 aliphatic rings. The monoisotopic (exact) mass is 386 g/mol. The van der Waals surface area contributed by atoms with Crippen LogP contribution >= 0.6 is 0 Å². The maximum Gasteiger partial charge on any atom is 0.163 e. The van der Waals surface area contributed by atoms with E-state index in [1.165, 1.54) is 38.2 Å². The van der Waals surface area contributed by atoms with E-state index in [1.54, 1.807) is 0 Å². The zero-order valence-electron chi connectivity index (χ0n) is 16.7. The molecule has 0 fully saturated rings. The number of carbonyl (C=O) groups is 1. The molecule has 5 aromatic carbocycles. The van der Waals surface area contributed by atoms with Crippen molar-refractivity contribution in [2.24, 2.45) is 0 Å². The van der Waals surface area contributed by atoms with E-state index >= 15 is 0 Å². The molecule has 0 bridgehead atoms. The summed E-state index contributed by atoms with van der Waals surface area (Å²) in [5.41, 5.74) is 4.52. The highest BCUT2D eigenvalue weighted by molar-refractivity contribution is 6.15. The van der Waals surface area contributed by atoms with Gasteiger partial charge in [-0.3, -0.25) is 4.79 Å². The van der Waals surface area contributed by atoms with Crippen LogP contribution in [0.15, 0.2) is 109 Å². The SMILES string of the molecule is O=C(CCc1c2ccccc2c(-c2ccccc2)c2ccccc12)c1ccccc1. The lowest BCUT2D eigenvalue weighted by Crippen LogP contribution is -2.02. The van der Waals surface area contributed by atoms with E-state index in [-0.39, 0.29) is 5.78 Å². The van der Waals surface area contributed by atoms with Crippen LogP contribution in [0, 0.1) is 0 Å². The summed E-state index contributed by atoms with van der Waals surface area (Å²) >= 11 is 0. The third-order valence-corrected chi connectivity index (χ3v) is 5.80. The molecule has 5 aromatic rings. The first-order chi connectivity index (χ1) is 14.8. The summed E-state index contributed by atoms with van der Waals surface area (Å²) in [4.78, 5) is 12.8. The molecule has 144 valence electrons. The summed E-state index contributed by atoms with van der Waals surface area (Å²) in [6.45, 7) is 0. The Morgan fingerprint density at radius 3 is 1.57 bits per heavy atom. The summed E-state index contributed by atoms with van der Waals surface area (Å²) in [6.07, 6.45) is 1.23. The van der Waals surface area contributed by atoms with Gasteiger partial charge in [-0.25, -0.2) is 0 Å². The van der Waals surface area contributed by atoms with Gasteiger partial charge in [0.1, 0.15) is 0 Å². The zero-order chi connectivity index (χ0) is 20.3. The summed E-state index contributed by atoms with van der Waals surface area (Å²) in [7, 11) is 0. The van der Waals surface area contributed by atoms with Crippen molar-refractivity contribution in [2.45, 2.75) is 12.8 Å². The Labute approximate surface area is 176 Å². The van der Waals surface area contributed by atoms with Gasteiger partial charge in [0.25, 0.3) is 0 Å². The maximum absolute atomic E-state index is 12.8. The predicted molar refractivity (Wildman–Crippen MR) is 126 cm³/mol. The molecule has 0 saturated carbocycles. The Kier molecular flexibility index (Phi) is 4.86. The second-order valence-electron chi connectivity index (χ2n) is 7.60. The van der Waals surface area contributed by atoms with Crippen molar-refractivity contribution in [2.75, 3.05) is 0 Å². The molecular formula is C29H22O. The maximum atomic E-state index is 12.8. The number of Topliss-reactive ketones (excluding diaryl/α,β-unsaturated/α-hetero) is 1. The van der Waals surface area contributed by atoms with Gasteiger partial charge in [-0.1, -0.05) is 109 Å². The number of hydrogen-bond acceptors (Lipinski definition) is 1. The van der Waals surface area contributed by atoms with Gasteiger partial charge in [0.2, 0.25) is 0 Å². The Morgan fingerprint density at radius 2 is 1.00 bits per heavy atom. The molecule has 0 amide bonds. The van der Waals surface area contributed by atoms with Gasteiger partial charge in [0.15, 0.2) is 5.78 Å². The predicted octanol–water partition coefficient (Wildman–Crippen LogP) is 7.48. The highest BCUT2D eigenvalue weighted by Crippen LogP contribution is 2.39. The highest BCUT2D eigenvalue weighted by atomic mass is 16.1. The molecule has 1 nitrogen and oxygen atoms in total. The molecule has 0 radical (unpaired) electrons. The quantitative estimate of drug-likeness (QED) is 0.226. The van der Waals surface area contributed by atoms with Gasteiger partial charge in [0.05, 0.1) is 0 Å². The van der Waals surface area contributed by atoms with Crippen LogP contribution in [-0.2, 0) is 6.42 Å². The molecule has 0 spiro atoms. The number of carbonyl (C=O) groups excluding carboxylic acids is 1. The average molecular weight is 386 g/mol. The number of aryl methyl sites for hydroxylation is 1. The van der Waals surface area contributed by atoms with Gasteiger partial charge in [-0.05, 0) is 44.7 Å². The first-order valence-electron chi connectivity index (χ1n) is 10.4. The van der Waals surface area contributed by atoms with Crippen molar-refractivity contribution in [3.8, 4) is 11.1 Å². The minimum atomic E-state index is 0.191. The molecule has 0 aliphatic carbocycles. The van der Waals surface area contributed by atoms with Crippen LogP contribution in [0.4, 0.5) is 0 Å². The molecule has 0 N–H and O–H groups in total. The van der Waals surface area contributed by atoms with Crippen molar-refractivity contribution >= 4 is 27.3 Å². The van der Waals surface area contributed by atoms with E-state index in [4.69, 9.17) is 0 Å². The van der Waals surface area contributed by atoms with Gasteiger partial charge < -0.3 is 0 Å². The number of fused-ring (bicyclic) bond motifs is 2. The molecule has 1 heteroatoms. The lowest BCUT2D eigenvalue weighted by atomic mass is 9.86. The van der Waals surface area contributed by atoms with Gasteiger partial charge in [-0.2, -0.15) is 0 Å². The van der Waals surface area contributed by atoms with Crippen molar-refractivity contribution in [3.05, 3.63) is 120 Å². The zero-order valence-corrected chi connectivity index (χ0v) is 16.7. The number of hydrogen-bond donors (Lipinski definition) is 0. The Morgan fingerprint density at radius 1 is 0.533 bits per heavy atom. The van der Waals surface area contributed by atoms with Gasteiger partial charge in [-0.15, -0.1) is 0 Å². The second-order valence-corrected chi connectivity index (χ2v) is 7.60. The summed E-state index contributed by atoms with van der Waals surface area (Å²) in [5, 5.41) is 4.95. The Bertz CT molecular complexity index is 1280. The van der Waals surface area contributed by atoms with E-state index in [1.807, 2.05) is 30.3 Å². The fraction of sp³-hybridized carbons (Fsp3) is 0.0690. The number of ketones is 1. The average Bonchev–Trinajstić information content (AvgIpc) is 2.82. The standard InChI is InChI=1S/C29H22O/c30-28(21-11-3-1-4-12-21)20-19-25-23-15-7-9-17-26(23)29(22-13-5-2-6-14-22)27-18-10-8-16-24(25)27/h1-18H,19-20H2. The highest BCUT2D eigenvalue weighted by Gasteiger charge is 2.16. The molecule has 0 unspecified atom stereocenters. The molecule has 0 heterocycles. The van der Waals surface area contributed by atoms with Crippen molar-refractivity contribution < 1.29 is 4.79 Å². The minimum absolute atomic E-state index is 0.191. The van der Waals surface area contributed by atoms with Crippen LogP contribution in [0.2, 0.25) is 0 Å². The van der Waals surface area contributed by atoms with Crippen molar-refractivity contribution in [3.63, 3.8) is 0 Å². The summed E-state index contributed by atoms with van der Waals surface area (Å²) < 4.78 is 0. The molecule has 0 saturated heterocycles. The smallest absolute Gasteiger partial charge is 0.163 e. The molecule has 0 aliphatic heterocycles. The topological polar surface area (TPSA) is 17.1 Å². The van der Waals surface area contributed by atoms with Crippen LogP contribution < -0.4 is 0 Å². The minimum Gasteiger partial charge on any atom is -0.294 e. The Balaban J connectivity index is 1.68. The first-order valence-corrected chi connectivity index (χ1v) is 10.4. The number of rotatable bonds is 5. The van der Waals surface area contributed by atoms with Gasteiger partial charge in [0, 0.05) is 12.0 Å². The molecule has 0 atom stereocenters. The van der Waals surface area contributed by atoms with Crippen LogP contribution in [-0.4, -0.2) is 5.78 Å². The summed E-state index contributed by atoms with van der Waals surface area (Å²) in [6, 6.07) is 37.3. The lowest BCUT2D eigenvalue weighted by Gasteiger charge is -2.17. The van der Waals surface area contributed by atoms with Crippen molar-refractivity contribution in [1.29, 1.82) is 0 Å². The third kappa shape index (κ3) is 3.29. The fourth-order valence-corrected chi connectivity index (χ4v) is 4.41. The normalized spacial score (nSPS) is 11.1. The molecule has 5 rings (SSSR count). The second kappa shape index (κ2) is 7.96. The Hall–Kier alpha value is -3.71. The third-order valence-electron chi connectivity index (χ3n) is 5.80. The molecule has 30 heavy (non-hydrogen) atoms. The fourth-order valence-electron chi connectivity index (χ4n) is 4.41. The van der Waals surface area contributed by atoms with Crippen LogP contribution in [0.1, 0.15) is 22.3 Å². The first kappa shape index (κ1) is 18.3. The van der Waals surface area contributed by atoms with E-state index in [0.29, 0.717) is 6.42 Å². The molecular weight excluding hydrogens is 364 g/mol. The largest absolute Gasteiger partial charge is 0.294 e. The summed E-state index contributed by atoms with van der Waals surface area (Å²) in [5.74, 6) is 0.191. The van der Waals surface area contributed by atoms with E-state index in [0.717, 1.165) is 12.0 Å². The van der Waals surface area contributed by atoms with Crippen molar-refractivity contribution in [1.82, 2.24) is 0 Å². The number of benzene rings is 5. The van der Waals surface area contributed by atoms with E-state index < -0.39 is 0 Å². The van der Waals surface area contributed by atoms with Crippen LogP contribution in [0.25, 0.3) is 32.7 Å².